The zero-order valence-electron chi connectivity index (χ0n) is 20.2. The second-order valence-corrected chi connectivity index (χ2v) is 8.70. The number of anilines is 2. The molecule has 3 aromatic rings. The van der Waals surface area contributed by atoms with E-state index in [9.17, 15) is 0 Å². The van der Waals surface area contributed by atoms with E-state index in [1.807, 2.05) is 0 Å². The van der Waals surface area contributed by atoms with Gasteiger partial charge in [0.15, 0.2) is 11.0 Å². The maximum Gasteiger partial charge on any atom is 0.282 e. The highest BCUT2D eigenvalue weighted by Gasteiger charge is 2.28. The summed E-state index contributed by atoms with van der Waals surface area (Å²) < 4.78 is 4.70. The minimum atomic E-state index is 0.946. The van der Waals surface area contributed by atoms with Crippen LogP contribution in [0.2, 0.25) is 0 Å². The Balaban J connectivity index is 1.76. The number of allylic oxidation sites excluding steroid dienone is 2. The molecule has 0 aliphatic carbocycles. The lowest BCUT2D eigenvalue weighted by Crippen LogP contribution is -2.31. The number of benzene rings is 2. The van der Waals surface area contributed by atoms with Gasteiger partial charge in [-0.25, -0.2) is 9.13 Å². The van der Waals surface area contributed by atoms with Crippen LogP contribution < -0.4 is 14.4 Å². The highest BCUT2D eigenvalue weighted by molar-refractivity contribution is 5.84. The molecule has 162 valence electrons. The summed E-state index contributed by atoms with van der Waals surface area (Å²) >= 11 is 0. The van der Waals surface area contributed by atoms with Crippen molar-refractivity contribution in [3.8, 4) is 0 Å². The molecule has 1 aromatic heterocycles. The summed E-state index contributed by atoms with van der Waals surface area (Å²) in [7, 11) is 4.33. The van der Waals surface area contributed by atoms with Gasteiger partial charge in [-0.3, -0.25) is 0 Å². The number of imidazole rings is 1. The summed E-state index contributed by atoms with van der Waals surface area (Å²) in [6, 6.07) is 9.23. The Kier molecular flexibility index (Phi) is 5.42. The van der Waals surface area contributed by atoms with E-state index in [2.05, 4.69) is 117 Å². The van der Waals surface area contributed by atoms with Gasteiger partial charge in [0.25, 0.3) is 5.82 Å². The summed E-state index contributed by atoms with van der Waals surface area (Å²) in [6.45, 7) is 15.1. The molecule has 1 aliphatic heterocycles. The van der Waals surface area contributed by atoms with Gasteiger partial charge >= 0.3 is 0 Å². The van der Waals surface area contributed by atoms with Gasteiger partial charge < -0.3 is 9.80 Å². The zero-order chi connectivity index (χ0) is 22.4. The lowest BCUT2D eigenvalue weighted by atomic mass is 10.1. The number of fused-ring (bicyclic) bond motifs is 2. The molecule has 0 saturated heterocycles. The van der Waals surface area contributed by atoms with Crippen LogP contribution in [0.3, 0.4) is 0 Å². The summed E-state index contributed by atoms with van der Waals surface area (Å²) in [5.41, 5.74) is 10.5. The SMILES string of the molecule is CCN1C(=CC=Cc2n(CC)c3cc(C)c(C)cc3[n+]2C)N(C)c2cc(C)c(C)cc21. The third-order valence-electron chi connectivity index (χ3n) is 6.85. The Morgan fingerprint density at radius 1 is 0.839 bits per heavy atom. The van der Waals surface area contributed by atoms with Gasteiger partial charge in [0.2, 0.25) is 0 Å². The van der Waals surface area contributed by atoms with Gasteiger partial charge in [-0.15, -0.1) is 0 Å². The Morgan fingerprint density at radius 3 is 2.10 bits per heavy atom. The number of nitrogens with zero attached hydrogens (tertiary/aromatic N) is 4. The lowest BCUT2D eigenvalue weighted by Gasteiger charge is -2.20. The first-order valence-electron chi connectivity index (χ1n) is 11.3. The van der Waals surface area contributed by atoms with Crippen molar-refractivity contribution in [1.82, 2.24) is 4.57 Å². The van der Waals surface area contributed by atoms with Crippen molar-refractivity contribution in [2.75, 3.05) is 23.4 Å². The zero-order valence-corrected chi connectivity index (χ0v) is 20.2. The first-order chi connectivity index (χ1) is 14.8. The monoisotopic (exact) mass is 415 g/mol. The number of hydrogen-bond acceptors (Lipinski definition) is 2. The fourth-order valence-corrected chi connectivity index (χ4v) is 4.69. The molecule has 0 fully saturated rings. The molecule has 4 rings (SSSR count). The van der Waals surface area contributed by atoms with Crippen molar-refractivity contribution in [3.05, 3.63) is 70.3 Å². The first kappa shape index (κ1) is 21.2. The maximum absolute atomic E-state index is 2.40. The molecular weight excluding hydrogens is 380 g/mol. The summed E-state index contributed by atoms with van der Waals surface area (Å²) in [5.74, 6) is 2.43. The van der Waals surface area contributed by atoms with E-state index < -0.39 is 0 Å². The standard InChI is InChI=1S/C27H35N4/c1-9-30-24-16-20(5)18(3)14-22(24)28(7)26(30)12-11-13-27-29(8)23-15-19(4)21(6)17-25(23)31(27)10-2/h11-17H,9-10H2,1-8H3/q+1. The van der Waals surface area contributed by atoms with Crippen LogP contribution in [0.15, 0.2) is 42.2 Å². The van der Waals surface area contributed by atoms with Crippen molar-refractivity contribution in [1.29, 1.82) is 0 Å². The third-order valence-corrected chi connectivity index (χ3v) is 6.85. The smallest absolute Gasteiger partial charge is 0.282 e. The predicted octanol–water partition coefficient (Wildman–Crippen LogP) is 5.55. The van der Waals surface area contributed by atoms with Crippen LogP contribution in [-0.4, -0.2) is 18.2 Å². The summed E-state index contributed by atoms with van der Waals surface area (Å²) in [4.78, 5) is 4.70. The van der Waals surface area contributed by atoms with E-state index in [4.69, 9.17) is 0 Å². The first-order valence-corrected chi connectivity index (χ1v) is 11.3. The normalized spacial score (nSPS) is 15.2. The molecule has 31 heavy (non-hydrogen) atoms. The molecule has 4 heteroatoms. The Morgan fingerprint density at radius 2 is 1.45 bits per heavy atom. The average Bonchev–Trinajstić information content (AvgIpc) is 3.14. The van der Waals surface area contributed by atoms with Crippen molar-refractivity contribution in [3.63, 3.8) is 0 Å². The lowest BCUT2D eigenvalue weighted by molar-refractivity contribution is -0.647. The van der Waals surface area contributed by atoms with Crippen LogP contribution in [0.25, 0.3) is 17.1 Å². The van der Waals surface area contributed by atoms with E-state index in [-0.39, 0.29) is 0 Å². The van der Waals surface area contributed by atoms with E-state index in [1.165, 1.54) is 56.3 Å². The molecule has 1 aliphatic rings. The minimum Gasteiger partial charge on any atom is -0.329 e. The van der Waals surface area contributed by atoms with E-state index in [0.717, 1.165) is 13.1 Å². The van der Waals surface area contributed by atoms with Crippen molar-refractivity contribution in [2.24, 2.45) is 7.05 Å². The molecule has 0 radical (unpaired) electrons. The quantitative estimate of drug-likeness (QED) is 0.519. The van der Waals surface area contributed by atoms with E-state index in [1.54, 1.807) is 0 Å². The minimum absolute atomic E-state index is 0.946. The predicted molar refractivity (Wildman–Crippen MR) is 133 cm³/mol. The van der Waals surface area contributed by atoms with Gasteiger partial charge in [-0.1, -0.05) is 6.08 Å². The van der Waals surface area contributed by atoms with Gasteiger partial charge in [0.05, 0.1) is 25.0 Å². The van der Waals surface area contributed by atoms with Crippen molar-refractivity contribution >= 4 is 28.5 Å². The topological polar surface area (TPSA) is 15.3 Å². The van der Waals surface area contributed by atoms with Gasteiger partial charge in [-0.05, 0) is 94.1 Å². The van der Waals surface area contributed by atoms with Crippen LogP contribution in [0, 0.1) is 27.7 Å². The van der Waals surface area contributed by atoms with Crippen LogP contribution in [0.1, 0.15) is 41.9 Å². The van der Waals surface area contributed by atoms with Crippen molar-refractivity contribution < 1.29 is 4.57 Å². The fraction of sp³-hybridized carbons (Fsp3) is 0.370. The molecule has 4 nitrogen and oxygen atoms in total. The average molecular weight is 416 g/mol. The molecule has 0 amide bonds. The number of aromatic nitrogens is 2. The van der Waals surface area contributed by atoms with Crippen LogP contribution in [0.4, 0.5) is 11.4 Å². The molecule has 2 aromatic carbocycles. The molecule has 0 atom stereocenters. The summed E-state index contributed by atoms with van der Waals surface area (Å²) in [5, 5.41) is 0. The molecule has 0 unspecified atom stereocenters. The number of rotatable bonds is 4. The molecule has 0 saturated carbocycles. The van der Waals surface area contributed by atoms with Gasteiger partial charge in [0.1, 0.15) is 5.82 Å². The van der Waals surface area contributed by atoms with Crippen molar-refractivity contribution in [2.45, 2.75) is 48.1 Å². The second kappa shape index (κ2) is 7.92. The third kappa shape index (κ3) is 3.34. The van der Waals surface area contributed by atoms with Gasteiger partial charge in [0, 0.05) is 19.7 Å². The highest BCUT2D eigenvalue weighted by Crippen LogP contribution is 2.42. The Hall–Kier alpha value is -3.01. The number of aryl methyl sites for hydroxylation is 6. The molecular formula is C27H35N4+. The maximum atomic E-state index is 2.40. The number of hydrogen-bond donors (Lipinski definition) is 0. The fourth-order valence-electron chi connectivity index (χ4n) is 4.69. The Bertz CT molecular complexity index is 1230. The van der Waals surface area contributed by atoms with Crippen LogP contribution in [-0.2, 0) is 13.6 Å². The van der Waals surface area contributed by atoms with Crippen LogP contribution in [0.5, 0.6) is 0 Å². The molecule has 0 bridgehead atoms. The Labute approximate surface area is 186 Å². The molecule has 0 N–H and O–H groups in total. The summed E-state index contributed by atoms with van der Waals surface area (Å²) in [6.07, 6.45) is 6.67. The van der Waals surface area contributed by atoms with Crippen LogP contribution >= 0.6 is 0 Å². The molecule has 0 spiro atoms. The largest absolute Gasteiger partial charge is 0.329 e. The second-order valence-electron chi connectivity index (χ2n) is 8.70. The van der Waals surface area contributed by atoms with E-state index >= 15 is 0 Å². The highest BCUT2D eigenvalue weighted by atomic mass is 15.4. The van der Waals surface area contributed by atoms with Gasteiger partial charge in [-0.2, -0.15) is 0 Å². The molecule has 2 heterocycles. The van der Waals surface area contributed by atoms with E-state index in [0.29, 0.717) is 0 Å².